The largest absolute Gasteiger partial charge is 0.389 e. The van der Waals surface area contributed by atoms with E-state index in [2.05, 4.69) is 27.2 Å². The highest BCUT2D eigenvalue weighted by atomic mass is 31.2. The van der Waals surface area contributed by atoms with Crippen LogP contribution in [0.4, 0.5) is 0 Å². The fourth-order valence-corrected chi connectivity index (χ4v) is 4.98. The molecule has 1 radical (unpaired) electrons. The van der Waals surface area contributed by atoms with Gasteiger partial charge >= 0.3 is 0 Å². The van der Waals surface area contributed by atoms with E-state index in [1.165, 1.54) is 70.4 Å². The van der Waals surface area contributed by atoms with Gasteiger partial charge in [-0.25, -0.2) is 0 Å². The highest BCUT2D eigenvalue weighted by molar-refractivity contribution is 7.74. The van der Waals surface area contributed by atoms with Crippen LogP contribution < -0.4 is 0 Å². The lowest BCUT2D eigenvalue weighted by molar-refractivity contribution is 0.250. The second-order valence-corrected chi connectivity index (χ2v) is 11.2. The van der Waals surface area contributed by atoms with Crippen molar-refractivity contribution in [3.05, 3.63) is 0 Å². The second kappa shape index (κ2) is 12.2. The van der Waals surface area contributed by atoms with Crippen LogP contribution in [0.3, 0.4) is 0 Å². The van der Waals surface area contributed by atoms with Crippen LogP contribution in [0, 0.1) is 0 Å². The highest BCUT2D eigenvalue weighted by Gasteiger charge is 2.22. The van der Waals surface area contributed by atoms with Gasteiger partial charge in [-0.05, 0) is 32.3 Å². The molecule has 0 aliphatic rings. The molecule has 0 saturated carbocycles. The molecular weight excluding hydrogens is 251 g/mol. The number of hydrogen-bond donors (Lipinski definition) is 1. The molecule has 0 heterocycles. The van der Waals surface area contributed by atoms with E-state index in [0.29, 0.717) is 0 Å². The monoisotopic (exact) mass is 289 g/mol. The minimum atomic E-state index is -1.05. The smallest absolute Gasteiger partial charge is 0.0687 e. The van der Waals surface area contributed by atoms with Crippen molar-refractivity contribution >= 4 is 7.26 Å². The normalized spacial score (nSPS) is 13.7. The van der Waals surface area contributed by atoms with Crippen molar-refractivity contribution in [2.24, 2.45) is 0 Å². The van der Waals surface area contributed by atoms with Crippen molar-refractivity contribution in [1.82, 2.24) is 0 Å². The SMILES string of the molecule is CCCCCCCCCCCC[P](C)(C)C(O)CC. The van der Waals surface area contributed by atoms with Crippen molar-refractivity contribution in [3.8, 4) is 0 Å². The summed E-state index contributed by atoms with van der Waals surface area (Å²) in [6.07, 6.45) is 16.2. The van der Waals surface area contributed by atoms with Gasteiger partial charge in [-0.1, -0.05) is 71.6 Å². The molecule has 19 heavy (non-hydrogen) atoms. The third kappa shape index (κ3) is 10.8. The molecule has 1 unspecified atom stereocenters. The van der Waals surface area contributed by atoms with E-state index < -0.39 is 7.26 Å². The van der Waals surface area contributed by atoms with Crippen LogP contribution in [0.15, 0.2) is 0 Å². The van der Waals surface area contributed by atoms with Crippen LogP contribution in [0.25, 0.3) is 0 Å². The number of aliphatic hydroxyl groups excluding tert-OH is 1. The van der Waals surface area contributed by atoms with E-state index >= 15 is 0 Å². The number of hydrogen-bond acceptors (Lipinski definition) is 1. The molecule has 0 aliphatic carbocycles. The maximum absolute atomic E-state index is 9.98. The summed E-state index contributed by atoms with van der Waals surface area (Å²) in [5.74, 6) is -0.0222. The maximum Gasteiger partial charge on any atom is 0.0687 e. The maximum atomic E-state index is 9.98. The Hall–Kier alpha value is 0.390. The Kier molecular flexibility index (Phi) is 12.4. The Labute approximate surface area is 122 Å². The van der Waals surface area contributed by atoms with Gasteiger partial charge in [0.2, 0.25) is 0 Å². The molecule has 1 nitrogen and oxygen atoms in total. The van der Waals surface area contributed by atoms with Gasteiger partial charge in [-0.2, -0.15) is 0 Å². The van der Waals surface area contributed by atoms with Gasteiger partial charge in [0.25, 0.3) is 0 Å². The summed E-state index contributed by atoms with van der Waals surface area (Å²) in [4.78, 5) is 0. The van der Waals surface area contributed by atoms with Crippen molar-refractivity contribution < 1.29 is 5.11 Å². The van der Waals surface area contributed by atoms with Gasteiger partial charge in [0.15, 0.2) is 0 Å². The summed E-state index contributed by atoms with van der Waals surface area (Å²) < 4.78 is 0. The zero-order valence-electron chi connectivity index (χ0n) is 14.0. The van der Waals surface area contributed by atoms with Crippen LogP contribution in [0.1, 0.15) is 84.5 Å². The molecule has 0 aliphatic heterocycles. The van der Waals surface area contributed by atoms with Crippen LogP contribution in [0.5, 0.6) is 0 Å². The molecule has 0 fully saturated rings. The molecule has 0 amide bonds. The summed E-state index contributed by atoms with van der Waals surface area (Å²) in [5, 5.41) is 9.98. The van der Waals surface area contributed by atoms with Gasteiger partial charge in [0, 0.05) is 0 Å². The van der Waals surface area contributed by atoms with E-state index in [4.69, 9.17) is 0 Å². The zero-order chi connectivity index (χ0) is 14.6. The average Bonchev–Trinajstić information content (AvgIpc) is 2.39. The fourth-order valence-electron chi connectivity index (χ4n) is 2.65. The minimum Gasteiger partial charge on any atom is -0.389 e. The molecule has 0 saturated heterocycles. The first-order valence-corrected chi connectivity index (χ1v) is 11.5. The Morgan fingerprint density at radius 3 is 1.58 bits per heavy atom. The molecular formula is C17H38OP. The lowest BCUT2D eigenvalue weighted by Crippen LogP contribution is -2.13. The molecule has 0 aromatic rings. The topological polar surface area (TPSA) is 20.2 Å². The average molecular weight is 289 g/mol. The summed E-state index contributed by atoms with van der Waals surface area (Å²) in [5.41, 5.74) is 0. The van der Waals surface area contributed by atoms with Gasteiger partial charge < -0.3 is 5.11 Å². The lowest BCUT2D eigenvalue weighted by atomic mass is 10.1. The Morgan fingerprint density at radius 1 is 0.737 bits per heavy atom. The molecule has 1 N–H and O–H groups in total. The van der Waals surface area contributed by atoms with Crippen molar-refractivity contribution in [1.29, 1.82) is 0 Å². The van der Waals surface area contributed by atoms with Crippen LogP contribution in [-0.4, -0.2) is 30.4 Å². The summed E-state index contributed by atoms with van der Waals surface area (Å²) in [6, 6.07) is 0. The van der Waals surface area contributed by atoms with Crippen LogP contribution in [0.2, 0.25) is 0 Å². The second-order valence-electron chi connectivity index (χ2n) is 6.57. The molecule has 117 valence electrons. The molecule has 0 aromatic heterocycles. The molecule has 2 heteroatoms. The van der Waals surface area contributed by atoms with E-state index in [1.807, 2.05) is 0 Å². The molecule has 0 spiro atoms. The molecule has 0 aromatic carbocycles. The predicted octanol–water partition coefficient (Wildman–Crippen LogP) is 5.91. The Balaban J connectivity index is 3.31. The Bertz CT molecular complexity index is 192. The summed E-state index contributed by atoms with van der Waals surface area (Å²) in [6.45, 7) is 9.01. The first kappa shape index (κ1) is 19.4. The predicted molar refractivity (Wildman–Crippen MR) is 91.8 cm³/mol. The van der Waals surface area contributed by atoms with Gasteiger partial charge in [0.1, 0.15) is 0 Å². The van der Waals surface area contributed by atoms with E-state index in [-0.39, 0.29) is 5.85 Å². The van der Waals surface area contributed by atoms with Gasteiger partial charge in [-0.15, -0.1) is 7.26 Å². The quantitative estimate of drug-likeness (QED) is 0.330. The number of unbranched alkanes of at least 4 members (excludes halogenated alkanes) is 9. The first-order valence-electron chi connectivity index (χ1n) is 8.55. The Morgan fingerprint density at radius 2 is 1.16 bits per heavy atom. The van der Waals surface area contributed by atoms with E-state index in [9.17, 15) is 5.11 Å². The standard InChI is InChI=1S/C17H38OP/c1-5-7-8-9-10-11-12-13-14-15-16-19(3,4)17(18)6-2/h17-18H,5-16H2,1-4H3. The lowest BCUT2D eigenvalue weighted by Gasteiger charge is -2.32. The van der Waals surface area contributed by atoms with Crippen LogP contribution in [-0.2, 0) is 0 Å². The van der Waals surface area contributed by atoms with Gasteiger partial charge in [-0.3, -0.25) is 0 Å². The third-order valence-corrected chi connectivity index (χ3v) is 7.71. The molecule has 0 bridgehead atoms. The molecule has 0 rings (SSSR count). The highest BCUT2D eigenvalue weighted by Crippen LogP contribution is 2.56. The summed E-state index contributed by atoms with van der Waals surface area (Å²) >= 11 is 0. The molecule has 1 atom stereocenters. The van der Waals surface area contributed by atoms with Crippen molar-refractivity contribution in [3.63, 3.8) is 0 Å². The van der Waals surface area contributed by atoms with Crippen LogP contribution >= 0.6 is 7.26 Å². The van der Waals surface area contributed by atoms with E-state index in [0.717, 1.165) is 6.42 Å². The van der Waals surface area contributed by atoms with Gasteiger partial charge in [0.05, 0.1) is 5.85 Å². The minimum absolute atomic E-state index is 0.0222. The zero-order valence-corrected chi connectivity index (χ0v) is 14.9. The van der Waals surface area contributed by atoms with E-state index in [1.54, 1.807) is 0 Å². The fraction of sp³-hybridized carbons (Fsp3) is 1.00. The van der Waals surface area contributed by atoms with Crippen molar-refractivity contribution in [2.75, 3.05) is 19.5 Å². The summed E-state index contributed by atoms with van der Waals surface area (Å²) in [7, 11) is -1.05. The first-order chi connectivity index (χ1) is 9.04. The van der Waals surface area contributed by atoms with Crippen molar-refractivity contribution in [2.45, 2.75) is 90.3 Å². The number of aliphatic hydroxyl groups is 1. The number of rotatable bonds is 13. The third-order valence-electron chi connectivity index (χ3n) is 4.26.